The third-order valence-electron chi connectivity index (χ3n) is 4.14. The summed E-state index contributed by atoms with van der Waals surface area (Å²) in [5.74, 6) is -1.01. The predicted octanol–water partition coefficient (Wildman–Crippen LogP) is 3.83. The van der Waals surface area contributed by atoms with Crippen LogP contribution in [-0.2, 0) is 9.53 Å². The smallest absolute Gasteiger partial charge is 0.355 e. The van der Waals surface area contributed by atoms with Crippen molar-refractivity contribution in [2.75, 3.05) is 5.32 Å². The summed E-state index contributed by atoms with van der Waals surface area (Å²) >= 11 is 0. The maximum Gasteiger partial charge on any atom is 0.355 e. The van der Waals surface area contributed by atoms with E-state index in [0.29, 0.717) is 5.56 Å². The molecular weight excluding hydrogens is 332 g/mol. The van der Waals surface area contributed by atoms with Gasteiger partial charge in [0.1, 0.15) is 5.69 Å². The Morgan fingerprint density at radius 2 is 1.85 bits per heavy atom. The van der Waals surface area contributed by atoms with Gasteiger partial charge in [0, 0.05) is 17.4 Å². The summed E-state index contributed by atoms with van der Waals surface area (Å²) in [4.78, 5) is 38.6. The van der Waals surface area contributed by atoms with E-state index in [1.165, 1.54) is 26.1 Å². The Morgan fingerprint density at radius 3 is 2.42 bits per heavy atom. The van der Waals surface area contributed by atoms with Crippen molar-refractivity contribution >= 4 is 23.3 Å². The number of benzene rings is 1. The molecule has 138 valence electrons. The SMILES string of the molecule is CC(=O)c1c[nH]c(C(=O)O[C@H](C)C(=O)Nc2c(C)cccc2C(C)C)c1. The first kappa shape index (κ1) is 19.4. The number of hydrogen-bond donors (Lipinski definition) is 2. The van der Waals surface area contributed by atoms with Crippen molar-refractivity contribution in [2.24, 2.45) is 0 Å². The van der Waals surface area contributed by atoms with E-state index < -0.39 is 18.0 Å². The summed E-state index contributed by atoms with van der Waals surface area (Å²) in [6, 6.07) is 7.24. The number of aryl methyl sites for hydroxylation is 1. The van der Waals surface area contributed by atoms with Gasteiger partial charge in [-0.3, -0.25) is 9.59 Å². The summed E-state index contributed by atoms with van der Waals surface area (Å²) in [7, 11) is 0. The van der Waals surface area contributed by atoms with Crippen LogP contribution in [0.3, 0.4) is 0 Å². The standard InChI is InChI=1S/C20H24N2O4/c1-11(2)16-8-6-7-12(3)18(16)22-19(24)14(5)26-20(25)17-9-15(10-21-17)13(4)23/h6-11,14,21H,1-5H3,(H,22,24)/t14-/m1/s1. The lowest BCUT2D eigenvalue weighted by atomic mass is 9.98. The number of aromatic nitrogens is 1. The molecule has 0 aliphatic carbocycles. The average molecular weight is 356 g/mol. The number of hydrogen-bond acceptors (Lipinski definition) is 4. The number of aromatic amines is 1. The van der Waals surface area contributed by atoms with Gasteiger partial charge in [-0.2, -0.15) is 0 Å². The molecule has 6 nitrogen and oxygen atoms in total. The number of ether oxygens (including phenoxy) is 1. The number of rotatable bonds is 6. The molecule has 0 aliphatic heterocycles. The minimum Gasteiger partial charge on any atom is -0.448 e. The number of anilines is 1. The summed E-state index contributed by atoms with van der Waals surface area (Å²) in [6.45, 7) is 8.93. The molecule has 2 aromatic rings. The first-order valence-corrected chi connectivity index (χ1v) is 8.51. The van der Waals surface area contributed by atoms with Crippen LogP contribution in [0.1, 0.15) is 65.6 Å². The Bertz CT molecular complexity index is 836. The largest absolute Gasteiger partial charge is 0.448 e. The fourth-order valence-electron chi connectivity index (χ4n) is 2.56. The Labute approximate surface area is 152 Å². The Hall–Kier alpha value is -2.89. The van der Waals surface area contributed by atoms with E-state index in [1.54, 1.807) is 0 Å². The molecule has 1 aromatic carbocycles. The molecule has 0 spiro atoms. The monoisotopic (exact) mass is 356 g/mol. The topological polar surface area (TPSA) is 88.3 Å². The van der Waals surface area contributed by atoms with E-state index in [0.717, 1.165) is 16.8 Å². The zero-order valence-corrected chi connectivity index (χ0v) is 15.7. The van der Waals surface area contributed by atoms with Gasteiger partial charge in [-0.05, 0) is 43.9 Å². The molecule has 2 N–H and O–H groups in total. The van der Waals surface area contributed by atoms with Gasteiger partial charge in [0.15, 0.2) is 11.9 Å². The predicted molar refractivity (Wildman–Crippen MR) is 99.6 cm³/mol. The van der Waals surface area contributed by atoms with Crippen molar-refractivity contribution in [1.29, 1.82) is 0 Å². The van der Waals surface area contributed by atoms with Crippen molar-refractivity contribution in [1.82, 2.24) is 4.98 Å². The Kier molecular flexibility index (Phi) is 5.97. The van der Waals surface area contributed by atoms with Gasteiger partial charge >= 0.3 is 5.97 Å². The van der Waals surface area contributed by atoms with E-state index in [4.69, 9.17) is 4.74 Å². The average Bonchev–Trinajstić information content (AvgIpc) is 3.06. The third-order valence-corrected chi connectivity index (χ3v) is 4.14. The molecule has 0 fully saturated rings. The second kappa shape index (κ2) is 7.99. The number of Topliss-reactive ketones (excluding diaryl/α,β-unsaturated/α-hetero) is 1. The Morgan fingerprint density at radius 1 is 1.15 bits per heavy atom. The van der Waals surface area contributed by atoms with E-state index in [-0.39, 0.29) is 17.4 Å². The molecular formula is C20H24N2O4. The fourth-order valence-corrected chi connectivity index (χ4v) is 2.56. The van der Waals surface area contributed by atoms with Gasteiger partial charge in [0.05, 0.1) is 0 Å². The number of ketones is 1. The van der Waals surface area contributed by atoms with Crippen molar-refractivity contribution in [3.63, 3.8) is 0 Å². The molecule has 6 heteroatoms. The first-order valence-electron chi connectivity index (χ1n) is 8.51. The van der Waals surface area contributed by atoms with Gasteiger partial charge in [-0.25, -0.2) is 4.79 Å². The van der Waals surface area contributed by atoms with Crippen LogP contribution < -0.4 is 5.32 Å². The molecule has 1 aromatic heterocycles. The minimum atomic E-state index is -0.980. The highest BCUT2D eigenvalue weighted by atomic mass is 16.5. The minimum absolute atomic E-state index is 0.133. The highest BCUT2D eigenvalue weighted by molar-refractivity contribution is 5.99. The molecule has 0 radical (unpaired) electrons. The van der Waals surface area contributed by atoms with Crippen LogP contribution in [-0.4, -0.2) is 28.7 Å². The number of carbonyl (C=O) groups excluding carboxylic acids is 3. The van der Waals surface area contributed by atoms with Crippen molar-refractivity contribution in [3.8, 4) is 0 Å². The maximum atomic E-state index is 12.5. The normalized spacial score (nSPS) is 11.9. The summed E-state index contributed by atoms with van der Waals surface area (Å²) < 4.78 is 5.21. The molecule has 1 amide bonds. The van der Waals surface area contributed by atoms with Gasteiger partial charge in [-0.15, -0.1) is 0 Å². The number of carbonyl (C=O) groups is 3. The molecule has 0 unspecified atom stereocenters. The molecule has 0 saturated heterocycles. The summed E-state index contributed by atoms with van der Waals surface area (Å²) in [5.41, 5.74) is 3.23. The van der Waals surface area contributed by atoms with Crippen LogP contribution in [0.15, 0.2) is 30.5 Å². The van der Waals surface area contributed by atoms with Crippen molar-refractivity contribution in [3.05, 3.63) is 52.8 Å². The lowest BCUT2D eigenvalue weighted by molar-refractivity contribution is -0.123. The quantitative estimate of drug-likeness (QED) is 0.608. The van der Waals surface area contributed by atoms with Gasteiger partial charge < -0.3 is 15.0 Å². The highest BCUT2D eigenvalue weighted by Gasteiger charge is 2.22. The summed E-state index contributed by atoms with van der Waals surface area (Å²) in [5, 5.41) is 2.86. The summed E-state index contributed by atoms with van der Waals surface area (Å²) in [6.07, 6.45) is 0.456. The van der Waals surface area contributed by atoms with E-state index >= 15 is 0 Å². The molecule has 26 heavy (non-hydrogen) atoms. The van der Waals surface area contributed by atoms with E-state index in [9.17, 15) is 14.4 Å². The zero-order chi connectivity index (χ0) is 19.4. The zero-order valence-electron chi connectivity index (χ0n) is 15.7. The molecule has 0 aliphatic rings. The number of amides is 1. The van der Waals surface area contributed by atoms with E-state index in [2.05, 4.69) is 10.3 Å². The Balaban J connectivity index is 2.08. The third kappa shape index (κ3) is 4.39. The molecule has 0 saturated carbocycles. The molecule has 2 rings (SSSR count). The van der Waals surface area contributed by atoms with Gasteiger partial charge in [0.25, 0.3) is 5.91 Å². The van der Waals surface area contributed by atoms with Gasteiger partial charge in [-0.1, -0.05) is 32.0 Å². The van der Waals surface area contributed by atoms with Crippen LogP contribution in [0.5, 0.6) is 0 Å². The fraction of sp³-hybridized carbons (Fsp3) is 0.350. The molecule has 0 bridgehead atoms. The second-order valence-electron chi connectivity index (χ2n) is 6.59. The first-order chi connectivity index (χ1) is 12.2. The van der Waals surface area contributed by atoms with Crippen LogP contribution in [0.2, 0.25) is 0 Å². The number of nitrogens with one attached hydrogen (secondary N) is 2. The van der Waals surface area contributed by atoms with Gasteiger partial charge in [0.2, 0.25) is 0 Å². The van der Waals surface area contributed by atoms with Crippen LogP contribution in [0.4, 0.5) is 5.69 Å². The van der Waals surface area contributed by atoms with Crippen molar-refractivity contribution in [2.45, 2.75) is 46.6 Å². The lowest BCUT2D eigenvalue weighted by Gasteiger charge is -2.18. The molecule has 1 atom stereocenters. The van der Waals surface area contributed by atoms with Crippen LogP contribution in [0, 0.1) is 6.92 Å². The van der Waals surface area contributed by atoms with Crippen LogP contribution >= 0.6 is 0 Å². The maximum absolute atomic E-state index is 12.5. The van der Waals surface area contributed by atoms with Crippen molar-refractivity contribution < 1.29 is 19.1 Å². The highest BCUT2D eigenvalue weighted by Crippen LogP contribution is 2.27. The lowest BCUT2D eigenvalue weighted by Crippen LogP contribution is -2.30. The van der Waals surface area contributed by atoms with E-state index in [1.807, 2.05) is 39.0 Å². The number of H-pyrrole nitrogens is 1. The number of esters is 1. The second-order valence-corrected chi connectivity index (χ2v) is 6.59. The number of para-hydroxylation sites is 1. The van der Waals surface area contributed by atoms with Crippen LogP contribution in [0.25, 0.3) is 0 Å². The molecule has 1 heterocycles.